The Hall–Kier alpha value is -2.29. The van der Waals surface area contributed by atoms with Crippen LogP contribution in [0.3, 0.4) is 0 Å². The fraction of sp³-hybridized carbons (Fsp3) is 0.143. The van der Waals surface area contributed by atoms with Gasteiger partial charge in [-0.3, -0.25) is 4.79 Å². The Kier molecular flexibility index (Phi) is 4.41. The lowest BCUT2D eigenvalue weighted by molar-refractivity contribution is 0.0996. The molecule has 0 unspecified atom stereocenters. The summed E-state index contributed by atoms with van der Waals surface area (Å²) in [5.74, 6) is 5.35. The molecule has 0 radical (unpaired) electrons. The molecule has 1 heterocycles. The van der Waals surface area contributed by atoms with Crippen molar-refractivity contribution in [2.24, 2.45) is 5.73 Å². The van der Waals surface area contributed by atoms with Crippen LogP contribution in [0.1, 0.15) is 21.8 Å². The van der Waals surface area contributed by atoms with Gasteiger partial charge in [0.25, 0.3) is 5.91 Å². The van der Waals surface area contributed by atoms with E-state index in [1.807, 2.05) is 0 Å². The number of aromatic nitrogens is 1. The number of anilines is 1. The zero-order valence-electron chi connectivity index (χ0n) is 10.7. The second-order valence-corrected chi connectivity index (χ2v) is 4.35. The molecule has 0 saturated carbocycles. The number of aryl methyl sites for hydroxylation is 1. The van der Waals surface area contributed by atoms with Gasteiger partial charge in [-0.1, -0.05) is 23.4 Å². The van der Waals surface area contributed by atoms with Crippen molar-refractivity contribution in [2.75, 3.05) is 11.9 Å². The predicted octanol–water partition coefficient (Wildman–Crippen LogP) is 2.20. The van der Waals surface area contributed by atoms with Gasteiger partial charge in [-0.15, -0.1) is 0 Å². The Bertz CT molecular complexity index is 698. The molecule has 0 saturated heterocycles. The number of rotatable bonds is 2. The van der Waals surface area contributed by atoms with E-state index in [0.29, 0.717) is 22.0 Å². The number of nitrogens with zero attached hydrogens (tertiary/aromatic N) is 1. The zero-order valence-corrected chi connectivity index (χ0v) is 11.5. The van der Waals surface area contributed by atoms with Gasteiger partial charge in [0.1, 0.15) is 0 Å². The van der Waals surface area contributed by atoms with Crippen molar-refractivity contribution in [3.63, 3.8) is 0 Å². The minimum atomic E-state index is -0.405. The van der Waals surface area contributed by atoms with Crippen LogP contribution >= 0.6 is 11.6 Å². The molecule has 102 valence electrons. The maximum absolute atomic E-state index is 12.1. The van der Waals surface area contributed by atoms with E-state index in [1.54, 1.807) is 25.1 Å². The first kappa shape index (κ1) is 14.1. The summed E-state index contributed by atoms with van der Waals surface area (Å²) < 4.78 is 5.04. The summed E-state index contributed by atoms with van der Waals surface area (Å²) in [5, 5.41) is 3.20. The molecule has 0 bridgehead atoms. The van der Waals surface area contributed by atoms with E-state index in [-0.39, 0.29) is 12.3 Å². The Morgan fingerprint density at radius 2 is 2.35 bits per heavy atom. The number of halogens is 1. The summed E-state index contributed by atoms with van der Waals surface area (Å²) in [6, 6.07) is 5.02. The van der Waals surface area contributed by atoms with Crippen molar-refractivity contribution in [3.8, 4) is 11.8 Å². The van der Waals surface area contributed by atoms with Crippen molar-refractivity contribution in [1.82, 2.24) is 4.98 Å². The van der Waals surface area contributed by atoms with Gasteiger partial charge in [0, 0.05) is 10.6 Å². The van der Waals surface area contributed by atoms with Gasteiger partial charge in [-0.2, -0.15) is 0 Å². The van der Waals surface area contributed by atoms with Crippen molar-refractivity contribution in [3.05, 3.63) is 46.6 Å². The Balaban J connectivity index is 2.31. The smallest absolute Gasteiger partial charge is 0.293 e. The van der Waals surface area contributed by atoms with Crippen LogP contribution in [0.15, 0.2) is 29.0 Å². The number of benzene rings is 1. The van der Waals surface area contributed by atoms with Gasteiger partial charge in [-0.25, -0.2) is 4.98 Å². The highest BCUT2D eigenvalue weighted by Gasteiger charge is 2.15. The normalized spacial score (nSPS) is 9.75. The van der Waals surface area contributed by atoms with Gasteiger partial charge in [-0.05, 0) is 25.1 Å². The van der Waals surface area contributed by atoms with Crippen LogP contribution in [0.2, 0.25) is 5.02 Å². The number of carbonyl (C=O) groups excluding carboxylic acids is 1. The summed E-state index contributed by atoms with van der Waals surface area (Å²) in [5.41, 5.74) is 6.99. The van der Waals surface area contributed by atoms with Crippen LogP contribution in [0.5, 0.6) is 0 Å². The van der Waals surface area contributed by atoms with Gasteiger partial charge in [0.05, 0.1) is 17.9 Å². The molecule has 6 heteroatoms. The molecule has 0 atom stereocenters. The average molecular weight is 290 g/mol. The highest BCUT2D eigenvalue weighted by molar-refractivity contribution is 6.31. The third-order valence-electron chi connectivity index (χ3n) is 2.51. The third-order valence-corrected chi connectivity index (χ3v) is 2.74. The molecule has 5 nitrogen and oxygen atoms in total. The van der Waals surface area contributed by atoms with Crippen LogP contribution in [-0.2, 0) is 0 Å². The number of hydrogen-bond donors (Lipinski definition) is 2. The highest BCUT2D eigenvalue weighted by atomic mass is 35.5. The van der Waals surface area contributed by atoms with Crippen LogP contribution in [0.25, 0.3) is 0 Å². The first-order chi connectivity index (χ1) is 9.61. The Labute approximate surface area is 121 Å². The number of hydrogen-bond acceptors (Lipinski definition) is 4. The zero-order chi connectivity index (χ0) is 14.5. The molecule has 2 rings (SSSR count). The van der Waals surface area contributed by atoms with Crippen LogP contribution in [0.4, 0.5) is 5.69 Å². The van der Waals surface area contributed by atoms with Gasteiger partial charge < -0.3 is 15.5 Å². The highest BCUT2D eigenvalue weighted by Crippen LogP contribution is 2.21. The number of nitrogens with one attached hydrogen (secondary N) is 1. The topological polar surface area (TPSA) is 81.2 Å². The summed E-state index contributed by atoms with van der Waals surface area (Å²) in [6.45, 7) is 1.92. The maximum atomic E-state index is 12.1. The van der Waals surface area contributed by atoms with E-state index < -0.39 is 5.91 Å². The van der Waals surface area contributed by atoms with Crippen molar-refractivity contribution in [2.45, 2.75) is 6.92 Å². The lowest BCUT2D eigenvalue weighted by Gasteiger charge is -2.07. The van der Waals surface area contributed by atoms with Crippen LogP contribution < -0.4 is 11.1 Å². The minimum absolute atomic E-state index is 0.155. The summed E-state index contributed by atoms with van der Waals surface area (Å²) in [7, 11) is 0. The molecule has 1 aromatic heterocycles. The molecule has 0 fully saturated rings. The number of oxazole rings is 1. The van der Waals surface area contributed by atoms with E-state index in [9.17, 15) is 4.79 Å². The number of nitrogens with two attached hydrogens (primary N) is 1. The van der Waals surface area contributed by atoms with Crippen LogP contribution in [-0.4, -0.2) is 17.4 Å². The fourth-order valence-electron chi connectivity index (χ4n) is 1.57. The molecule has 2 aromatic rings. The maximum Gasteiger partial charge on any atom is 0.293 e. The Morgan fingerprint density at radius 1 is 1.55 bits per heavy atom. The first-order valence-corrected chi connectivity index (χ1v) is 6.19. The molecular formula is C14H12ClN3O2. The molecule has 0 aliphatic carbocycles. The Morgan fingerprint density at radius 3 is 3.00 bits per heavy atom. The largest absolute Gasteiger partial charge is 0.438 e. The second kappa shape index (κ2) is 6.24. The van der Waals surface area contributed by atoms with E-state index in [0.717, 1.165) is 0 Å². The fourth-order valence-corrected chi connectivity index (χ4v) is 1.75. The molecule has 20 heavy (non-hydrogen) atoms. The SMILES string of the molecule is Cc1ncoc1C(=O)Nc1cc(Cl)ccc1C#CCN. The number of amides is 1. The van der Waals surface area contributed by atoms with E-state index in [2.05, 4.69) is 22.1 Å². The van der Waals surface area contributed by atoms with Crippen LogP contribution in [0, 0.1) is 18.8 Å². The third kappa shape index (κ3) is 3.18. The molecule has 0 aliphatic heterocycles. The van der Waals surface area contributed by atoms with Gasteiger partial charge >= 0.3 is 0 Å². The second-order valence-electron chi connectivity index (χ2n) is 3.92. The lowest BCUT2D eigenvalue weighted by atomic mass is 10.1. The van der Waals surface area contributed by atoms with Crippen molar-refractivity contribution in [1.29, 1.82) is 0 Å². The lowest BCUT2D eigenvalue weighted by Crippen LogP contribution is -2.13. The molecule has 1 aromatic carbocycles. The predicted molar refractivity (Wildman–Crippen MR) is 76.6 cm³/mol. The summed E-state index contributed by atoms with van der Waals surface area (Å²) >= 11 is 5.93. The molecule has 1 amide bonds. The first-order valence-electron chi connectivity index (χ1n) is 5.81. The van der Waals surface area contributed by atoms with Gasteiger partial charge in [0.15, 0.2) is 6.39 Å². The quantitative estimate of drug-likeness (QED) is 0.831. The minimum Gasteiger partial charge on any atom is -0.438 e. The molecule has 3 N–H and O–H groups in total. The number of carbonyl (C=O) groups is 1. The van der Waals surface area contributed by atoms with E-state index in [4.69, 9.17) is 21.8 Å². The molecule has 0 spiro atoms. The average Bonchev–Trinajstić information content (AvgIpc) is 2.84. The standard InChI is InChI=1S/C14H12ClN3O2/c1-9-13(20-8-17-9)14(19)18-12-7-11(15)5-4-10(12)3-2-6-16/h4-5,7-8H,6,16H2,1H3,(H,18,19). The summed E-state index contributed by atoms with van der Waals surface area (Å²) in [4.78, 5) is 15.9. The van der Waals surface area contributed by atoms with E-state index in [1.165, 1.54) is 6.39 Å². The molecular weight excluding hydrogens is 278 g/mol. The monoisotopic (exact) mass is 289 g/mol. The van der Waals surface area contributed by atoms with Gasteiger partial charge in [0.2, 0.25) is 5.76 Å². The summed E-state index contributed by atoms with van der Waals surface area (Å²) in [6.07, 6.45) is 1.22. The van der Waals surface area contributed by atoms with Crippen molar-refractivity contribution >= 4 is 23.2 Å². The van der Waals surface area contributed by atoms with E-state index >= 15 is 0 Å². The van der Waals surface area contributed by atoms with Crippen molar-refractivity contribution < 1.29 is 9.21 Å². The molecule has 0 aliphatic rings.